The van der Waals surface area contributed by atoms with Crippen LogP contribution >= 0.6 is 0 Å². The molecule has 0 aliphatic carbocycles. The molecule has 0 radical (unpaired) electrons. The second-order valence-electron chi connectivity index (χ2n) is 12.3. The van der Waals surface area contributed by atoms with Crippen molar-refractivity contribution >= 4 is 11.8 Å². The number of ether oxygens (including phenoxy) is 1. The summed E-state index contributed by atoms with van der Waals surface area (Å²) >= 11 is 0. The van der Waals surface area contributed by atoms with Crippen LogP contribution in [0.25, 0.3) is 0 Å². The average Bonchev–Trinajstić information content (AvgIpc) is 3.32. The number of amidine groups is 1. The first kappa shape index (κ1) is 37.4. The Bertz CT molecular complexity index is 697. The van der Waals surface area contributed by atoms with Gasteiger partial charge in [-0.15, -0.1) is 0 Å². The van der Waals surface area contributed by atoms with Gasteiger partial charge < -0.3 is 4.74 Å². The number of hydrogen-bond acceptors (Lipinski definition) is 3. The van der Waals surface area contributed by atoms with Gasteiger partial charge in [0.15, 0.2) is 0 Å². The minimum atomic E-state index is -0.0172. The van der Waals surface area contributed by atoms with Crippen LogP contribution in [0.5, 0.6) is 0 Å². The number of esters is 1. The maximum atomic E-state index is 12.2. The lowest BCUT2D eigenvalue weighted by Gasteiger charge is -2.14. The zero-order chi connectivity index (χ0) is 29.6. The fourth-order valence-corrected chi connectivity index (χ4v) is 5.69. The highest BCUT2D eigenvalue weighted by molar-refractivity contribution is 5.78. The van der Waals surface area contributed by atoms with Crippen molar-refractivity contribution in [3.05, 3.63) is 24.3 Å². The van der Waals surface area contributed by atoms with Gasteiger partial charge in [-0.2, -0.15) is 0 Å². The highest BCUT2D eigenvalue weighted by Gasteiger charge is 2.27. The average molecular weight is 574 g/mol. The van der Waals surface area contributed by atoms with E-state index in [1.165, 1.54) is 134 Å². The van der Waals surface area contributed by atoms with Crippen LogP contribution in [0.1, 0.15) is 168 Å². The first-order valence-corrected chi connectivity index (χ1v) is 18.0. The van der Waals surface area contributed by atoms with Crippen molar-refractivity contribution in [3.63, 3.8) is 0 Å². The summed E-state index contributed by atoms with van der Waals surface area (Å²) < 4.78 is 7.99. The fourth-order valence-electron chi connectivity index (χ4n) is 5.69. The summed E-state index contributed by atoms with van der Waals surface area (Å²) in [5.41, 5.74) is 0. The van der Waals surface area contributed by atoms with E-state index in [0.29, 0.717) is 13.0 Å². The van der Waals surface area contributed by atoms with Gasteiger partial charge in [-0.05, 0) is 64.2 Å². The van der Waals surface area contributed by atoms with E-state index in [9.17, 15) is 4.79 Å². The van der Waals surface area contributed by atoms with E-state index in [4.69, 9.17) is 4.74 Å². The Kier molecular flexibility index (Phi) is 26.1. The van der Waals surface area contributed by atoms with Gasteiger partial charge in [-0.3, -0.25) is 14.3 Å². The molecular formula is C37H69N2O2+. The summed E-state index contributed by atoms with van der Waals surface area (Å²) in [7, 11) is 2.21. The van der Waals surface area contributed by atoms with E-state index in [-0.39, 0.29) is 5.97 Å². The summed E-state index contributed by atoms with van der Waals surface area (Å²) in [5.74, 6) is 1.43. The largest absolute Gasteiger partial charge is 0.462 e. The van der Waals surface area contributed by atoms with Crippen LogP contribution in [0.15, 0.2) is 24.3 Å². The molecule has 0 saturated heterocycles. The Balaban J connectivity index is 1.98. The first-order valence-electron chi connectivity index (χ1n) is 18.0. The molecule has 0 unspecified atom stereocenters. The molecule has 1 aliphatic heterocycles. The summed E-state index contributed by atoms with van der Waals surface area (Å²) in [6, 6.07) is 0. The van der Waals surface area contributed by atoms with Crippen molar-refractivity contribution in [1.29, 1.82) is 0 Å². The van der Waals surface area contributed by atoms with Crippen LogP contribution in [-0.2, 0) is 9.53 Å². The van der Waals surface area contributed by atoms with Crippen LogP contribution in [0.2, 0.25) is 0 Å². The smallest absolute Gasteiger partial charge is 0.305 e. The zero-order valence-corrected chi connectivity index (χ0v) is 27.8. The van der Waals surface area contributed by atoms with Crippen LogP contribution in [0.4, 0.5) is 0 Å². The predicted octanol–water partition coefficient (Wildman–Crippen LogP) is 10.4. The SMILES string of the molecule is CCCCCC/C=C/CCCCCCCC(=O)OCCN1CC[N+](C)=C1CCCCCCC/C=C/CCCCCC. The number of unbranched alkanes of at least 4 members (excludes halogenated alkanes) is 18. The Morgan fingerprint density at radius 1 is 0.683 bits per heavy atom. The molecule has 0 amide bonds. The van der Waals surface area contributed by atoms with Gasteiger partial charge in [0.05, 0.1) is 7.05 Å². The van der Waals surface area contributed by atoms with E-state index in [2.05, 4.69) is 54.7 Å². The van der Waals surface area contributed by atoms with Crippen LogP contribution < -0.4 is 0 Å². The molecule has 0 aromatic heterocycles. The number of likely N-dealkylation sites (N-methyl/N-ethyl adjacent to an activating group) is 1. The van der Waals surface area contributed by atoms with Gasteiger partial charge >= 0.3 is 5.97 Å². The molecule has 1 rings (SSSR count). The minimum absolute atomic E-state index is 0.0172. The van der Waals surface area contributed by atoms with Crippen LogP contribution in [0, 0.1) is 0 Å². The van der Waals surface area contributed by atoms with E-state index in [0.717, 1.165) is 38.9 Å². The highest BCUT2D eigenvalue weighted by Crippen LogP contribution is 2.13. The summed E-state index contributed by atoms with van der Waals surface area (Å²) in [4.78, 5) is 14.6. The number of carbonyl (C=O) groups is 1. The molecule has 0 bridgehead atoms. The van der Waals surface area contributed by atoms with Gasteiger partial charge in [0.2, 0.25) is 5.84 Å². The third-order valence-corrected chi connectivity index (χ3v) is 8.44. The maximum Gasteiger partial charge on any atom is 0.305 e. The Morgan fingerprint density at radius 2 is 1.15 bits per heavy atom. The normalized spacial score (nSPS) is 13.9. The molecule has 1 aliphatic rings. The van der Waals surface area contributed by atoms with Crippen LogP contribution in [-0.4, -0.2) is 54.6 Å². The highest BCUT2D eigenvalue weighted by atomic mass is 16.5. The Hall–Kier alpha value is -1.58. The zero-order valence-electron chi connectivity index (χ0n) is 27.8. The molecule has 0 spiro atoms. The molecule has 0 saturated carbocycles. The van der Waals surface area contributed by atoms with Crippen molar-refractivity contribution in [3.8, 4) is 0 Å². The molecule has 238 valence electrons. The summed E-state index contributed by atoms with van der Waals surface area (Å²) in [5, 5.41) is 0. The standard InChI is InChI=1S/C37H69N2O2/c1-4-6-8-10-12-14-16-18-20-22-24-26-28-30-36-38(3)32-33-39(36)34-35-41-37(40)31-29-27-25-23-21-19-17-15-13-11-9-7-5-2/h14-17H,4-13,18-35H2,1-3H3/q+1/b16-14+,17-15+. The number of hydrogen-bond donors (Lipinski definition) is 0. The van der Waals surface area contributed by atoms with E-state index < -0.39 is 0 Å². The summed E-state index contributed by atoms with van der Waals surface area (Å²) in [6.07, 6.45) is 39.5. The first-order chi connectivity index (χ1) is 20.2. The van der Waals surface area contributed by atoms with Crippen molar-refractivity contribution in [1.82, 2.24) is 4.90 Å². The number of rotatable bonds is 29. The van der Waals surface area contributed by atoms with Crippen LogP contribution in [0.3, 0.4) is 0 Å². The van der Waals surface area contributed by atoms with Gasteiger partial charge in [-0.25, -0.2) is 0 Å². The topological polar surface area (TPSA) is 32.5 Å². The second-order valence-corrected chi connectivity index (χ2v) is 12.3. The molecule has 1 heterocycles. The van der Waals surface area contributed by atoms with Crippen molar-refractivity contribution in [2.24, 2.45) is 0 Å². The van der Waals surface area contributed by atoms with Crippen molar-refractivity contribution in [2.45, 2.75) is 168 Å². The summed E-state index contributed by atoms with van der Waals surface area (Å²) in [6.45, 7) is 8.04. The van der Waals surface area contributed by atoms with E-state index >= 15 is 0 Å². The van der Waals surface area contributed by atoms with Gasteiger partial charge in [0, 0.05) is 12.8 Å². The molecule has 0 atom stereocenters. The van der Waals surface area contributed by atoms with Crippen molar-refractivity contribution < 1.29 is 14.1 Å². The van der Waals surface area contributed by atoms with Crippen molar-refractivity contribution in [2.75, 3.05) is 33.3 Å². The lowest BCUT2D eigenvalue weighted by molar-refractivity contribution is -0.487. The lowest BCUT2D eigenvalue weighted by Crippen LogP contribution is -2.32. The quantitative estimate of drug-likeness (QED) is 0.0386. The molecule has 0 fully saturated rings. The number of carbonyl (C=O) groups excluding carboxylic acids is 1. The predicted molar refractivity (Wildman–Crippen MR) is 179 cm³/mol. The third-order valence-electron chi connectivity index (χ3n) is 8.44. The fraction of sp³-hybridized carbons (Fsp3) is 0.838. The molecule has 0 aromatic rings. The maximum absolute atomic E-state index is 12.2. The van der Waals surface area contributed by atoms with E-state index in [1.54, 1.807) is 0 Å². The molecule has 4 nitrogen and oxygen atoms in total. The van der Waals surface area contributed by atoms with E-state index in [1.807, 2.05) is 0 Å². The van der Waals surface area contributed by atoms with Gasteiger partial charge in [-0.1, -0.05) is 115 Å². The number of nitrogens with zero attached hydrogens (tertiary/aromatic N) is 2. The lowest BCUT2D eigenvalue weighted by atomic mass is 10.1. The molecular weight excluding hydrogens is 504 g/mol. The minimum Gasteiger partial charge on any atom is -0.462 e. The second kappa shape index (κ2) is 28.5. The molecule has 41 heavy (non-hydrogen) atoms. The molecule has 4 heteroatoms. The van der Waals surface area contributed by atoms with Gasteiger partial charge in [0.1, 0.15) is 26.2 Å². The molecule has 0 N–H and O–H groups in total. The Morgan fingerprint density at radius 3 is 1.68 bits per heavy atom. The third kappa shape index (κ3) is 22.7. The Labute approximate surface area is 256 Å². The molecule has 0 aromatic carbocycles. The van der Waals surface area contributed by atoms with Gasteiger partial charge in [0.25, 0.3) is 0 Å². The number of allylic oxidation sites excluding steroid dienone is 4. The monoisotopic (exact) mass is 574 g/mol.